The Morgan fingerprint density at radius 3 is 2.82 bits per heavy atom. The molecule has 1 N–H and O–H groups in total. The summed E-state index contributed by atoms with van der Waals surface area (Å²) >= 11 is 6.07. The fourth-order valence-corrected chi connectivity index (χ4v) is 3.64. The maximum absolute atomic E-state index is 13.2. The van der Waals surface area contributed by atoms with Crippen molar-refractivity contribution in [2.75, 3.05) is 11.4 Å². The van der Waals surface area contributed by atoms with Crippen molar-refractivity contribution < 1.29 is 13.2 Å². The first-order valence-corrected chi connectivity index (χ1v) is 8.88. The molecule has 146 valence electrons. The van der Waals surface area contributed by atoms with Gasteiger partial charge in [-0.25, -0.2) is 10.1 Å². The Bertz CT molecular complexity index is 1080. The van der Waals surface area contributed by atoms with Crippen LogP contribution in [0.4, 0.5) is 18.9 Å². The molecule has 3 aromatic rings. The Kier molecular flexibility index (Phi) is 4.62. The minimum atomic E-state index is -4.40. The van der Waals surface area contributed by atoms with Gasteiger partial charge in [-0.3, -0.25) is 4.79 Å². The van der Waals surface area contributed by atoms with Gasteiger partial charge in [-0.15, -0.1) is 0 Å². The number of aromatic nitrogens is 4. The van der Waals surface area contributed by atoms with Crippen LogP contribution in [0.1, 0.15) is 22.5 Å². The zero-order chi connectivity index (χ0) is 19.9. The van der Waals surface area contributed by atoms with E-state index in [9.17, 15) is 18.0 Å². The van der Waals surface area contributed by atoms with Gasteiger partial charge in [0.1, 0.15) is 5.02 Å². The average molecular weight is 410 g/mol. The molecule has 3 heterocycles. The lowest BCUT2D eigenvalue weighted by Crippen LogP contribution is -2.32. The second-order valence-electron chi connectivity index (χ2n) is 6.49. The Hall–Kier alpha value is -2.81. The fraction of sp³-hybridized carbons (Fsp3) is 0.278. The molecule has 0 spiro atoms. The molecule has 1 aromatic carbocycles. The molecule has 0 saturated carbocycles. The molecular weight excluding hydrogens is 395 g/mol. The molecule has 0 unspecified atom stereocenters. The monoisotopic (exact) mass is 409 g/mol. The molecule has 28 heavy (non-hydrogen) atoms. The molecule has 0 amide bonds. The number of rotatable bonds is 3. The van der Waals surface area contributed by atoms with Crippen LogP contribution in [0.3, 0.4) is 0 Å². The lowest BCUT2D eigenvalue weighted by molar-refractivity contribution is -0.138. The highest BCUT2D eigenvalue weighted by Gasteiger charge is 2.33. The van der Waals surface area contributed by atoms with Crippen LogP contribution < -0.4 is 10.5 Å². The lowest BCUT2D eigenvalue weighted by Gasteiger charge is -2.29. The van der Waals surface area contributed by atoms with E-state index in [4.69, 9.17) is 11.6 Å². The van der Waals surface area contributed by atoms with Crippen LogP contribution in [0.15, 0.2) is 41.6 Å². The summed E-state index contributed by atoms with van der Waals surface area (Å²) in [6.07, 6.45) is -0.810. The van der Waals surface area contributed by atoms with Gasteiger partial charge in [0.05, 0.1) is 36.0 Å². The van der Waals surface area contributed by atoms with E-state index >= 15 is 0 Å². The third-order valence-corrected chi connectivity index (χ3v) is 5.14. The highest BCUT2D eigenvalue weighted by atomic mass is 35.5. The molecule has 0 fully saturated rings. The van der Waals surface area contributed by atoms with E-state index in [0.717, 1.165) is 17.5 Å². The Labute approximate surface area is 162 Å². The summed E-state index contributed by atoms with van der Waals surface area (Å²) in [7, 11) is 0. The average Bonchev–Trinajstić information content (AvgIpc) is 3.06. The molecule has 10 heteroatoms. The zero-order valence-corrected chi connectivity index (χ0v) is 15.3. The third-order valence-electron chi connectivity index (χ3n) is 4.77. The maximum atomic E-state index is 13.2. The van der Waals surface area contributed by atoms with E-state index in [1.807, 2.05) is 4.90 Å². The van der Waals surface area contributed by atoms with E-state index in [1.165, 1.54) is 18.3 Å². The van der Waals surface area contributed by atoms with Crippen molar-refractivity contribution in [3.63, 3.8) is 0 Å². The number of H-pyrrole nitrogens is 1. The van der Waals surface area contributed by atoms with Crippen LogP contribution in [0.5, 0.6) is 0 Å². The van der Waals surface area contributed by atoms with Crippen molar-refractivity contribution >= 4 is 17.3 Å². The van der Waals surface area contributed by atoms with Gasteiger partial charge in [0.15, 0.2) is 0 Å². The van der Waals surface area contributed by atoms with Crippen molar-refractivity contribution in [1.82, 2.24) is 19.7 Å². The Balaban J connectivity index is 1.61. The SMILES string of the molecule is O=c1[nH]ncc(N2CCc3c(ncn3Cc3ccccc3C(F)(F)F)C2)c1Cl. The largest absolute Gasteiger partial charge is 0.416 e. The standard InChI is InChI=1S/C18H15ClF3N5O/c19-16-15(7-24-25-17(16)28)26-6-5-14-13(9-26)23-10-27(14)8-11-3-1-2-4-12(11)18(20,21)22/h1-4,7,10H,5-6,8-9H2,(H,25,28). The van der Waals surface area contributed by atoms with Gasteiger partial charge < -0.3 is 9.47 Å². The van der Waals surface area contributed by atoms with Gasteiger partial charge in [-0.05, 0) is 11.6 Å². The minimum Gasteiger partial charge on any atom is -0.362 e. The van der Waals surface area contributed by atoms with E-state index < -0.39 is 17.3 Å². The molecule has 0 bridgehead atoms. The molecule has 1 aliphatic heterocycles. The molecule has 0 atom stereocenters. The third kappa shape index (κ3) is 3.37. The van der Waals surface area contributed by atoms with Gasteiger partial charge in [-0.1, -0.05) is 29.8 Å². The number of nitrogens with one attached hydrogen (secondary N) is 1. The number of anilines is 1. The molecule has 0 saturated heterocycles. The number of hydrogen-bond donors (Lipinski definition) is 1. The zero-order valence-electron chi connectivity index (χ0n) is 14.5. The molecule has 0 aliphatic carbocycles. The van der Waals surface area contributed by atoms with E-state index in [1.54, 1.807) is 17.0 Å². The van der Waals surface area contributed by atoms with Crippen molar-refractivity contribution in [2.24, 2.45) is 0 Å². The second-order valence-corrected chi connectivity index (χ2v) is 6.87. The highest BCUT2D eigenvalue weighted by molar-refractivity contribution is 6.32. The molecular formula is C18H15ClF3N5O. The van der Waals surface area contributed by atoms with E-state index in [-0.39, 0.29) is 17.1 Å². The topological polar surface area (TPSA) is 66.8 Å². The number of benzene rings is 1. The first kappa shape index (κ1) is 18.5. The van der Waals surface area contributed by atoms with Crippen molar-refractivity contribution in [1.29, 1.82) is 0 Å². The summed E-state index contributed by atoms with van der Waals surface area (Å²) in [5.41, 5.74) is 1.21. The summed E-state index contributed by atoms with van der Waals surface area (Å²) in [6, 6.07) is 5.54. The normalized spacial score (nSPS) is 14.2. The smallest absolute Gasteiger partial charge is 0.362 e. The first-order chi connectivity index (χ1) is 13.3. The lowest BCUT2D eigenvalue weighted by atomic mass is 10.1. The van der Waals surface area contributed by atoms with E-state index in [2.05, 4.69) is 15.2 Å². The number of fused-ring (bicyclic) bond motifs is 1. The van der Waals surface area contributed by atoms with Gasteiger partial charge in [0.2, 0.25) is 0 Å². The Morgan fingerprint density at radius 2 is 2.04 bits per heavy atom. The van der Waals surface area contributed by atoms with Crippen LogP contribution in [0.2, 0.25) is 5.02 Å². The van der Waals surface area contributed by atoms with Gasteiger partial charge in [0, 0.05) is 25.2 Å². The molecule has 4 rings (SSSR count). The minimum absolute atomic E-state index is 0.0528. The predicted octanol–water partition coefficient (Wildman–Crippen LogP) is 3.25. The Morgan fingerprint density at radius 1 is 1.25 bits per heavy atom. The van der Waals surface area contributed by atoms with Gasteiger partial charge >= 0.3 is 6.18 Å². The second kappa shape index (κ2) is 6.97. The summed E-state index contributed by atoms with van der Waals surface area (Å²) < 4.78 is 41.5. The van der Waals surface area contributed by atoms with Crippen LogP contribution in [0.25, 0.3) is 0 Å². The number of imidazole rings is 1. The highest BCUT2D eigenvalue weighted by Crippen LogP contribution is 2.33. The van der Waals surface area contributed by atoms with Crippen molar-refractivity contribution in [3.8, 4) is 0 Å². The van der Waals surface area contributed by atoms with E-state index in [0.29, 0.717) is 25.2 Å². The summed E-state index contributed by atoms with van der Waals surface area (Å²) in [5.74, 6) is 0. The number of nitrogens with zero attached hydrogens (tertiary/aromatic N) is 4. The summed E-state index contributed by atoms with van der Waals surface area (Å²) in [6.45, 7) is 1.03. The maximum Gasteiger partial charge on any atom is 0.416 e. The van der Waals surface area contributed by atoms with Crippen molar-refractivity contribution in [3.05, 3.63) is 74.7 Å². The van der Waals surface area contributed by atoms with Crippen LogP contribution in [-0.2, 0) is 25.7 Å². The van der Waals surface area contributed by atoms with Crippen LogP contribution in [0, 0.1) is 0 Å². The van der Waals surface area contributed by atoms with Crippen LogP contribution >= 0.6 is 11.6 Å². The number of aromatic amines is 1. The summed E-state index contributed by atoms with van der Waals surface area (Å²) in [5, 5.41) is 6.10. The van der Waals surface area contributed by atoms with Crippen LogP contribution in [-0.4, -0.2) is 26.3 Å². The van der Waals surface area contributed by atoms with Gasteiger partial charge in [0.25, 0.3) is 5.56 Å². The molecule has 2 aromatic heterocycles. The van der Waals surface area contributed by atoms with Gasteiger partial charge in [-0.2, -0.15) is 18.3 Å². The number of alkyl halides is 3. The quantitative estimate of drug-likeness (QED) is 0.721. The molecule has 0 radical (unpaired) electrons. The number of hydrogen-bond acceptors (Lipinski definition) is 4. The molecule has 1 aliphatic rings. The first-order valence-electron chi connectivity index (χ1n) is 8.50. The predicted molar refractivity (Wildman–Crippen MR) is 97.4 cm³/mol. The summed E-state index contributed by atoms with van der Waals surface area (Å²) in [4.78, 5) is 17.9. The molecule has 6 nitrogen and oxygen atoms in total. The van der Waals surface area contributed by atoms with Crippen molar-refractivity contribution in [2.45, 2.75) is 25.7 Å². The fourth-order valence-electron chi connectivity index (χ4n) is 3.42. The number of halogens is 4.